The standard InChI is InChI=1S/C19H23ClN4O/c20-18-5-4-16(24-11-3-8-21-24)14-17(18)19(25)23-12-6-15(7-13-23)22-9-1-2-10-22/h3-5,8,11,14-15H,1-2,6-7,9-10,12-13H2. The van der Waals surface area contributed by atoms with Gasteiger partial charge in [-0.05, 0) is 63.0 Å². The Morgan fingerprint density at radius 2 is 1.88 bits per heavy atom. The maximum absolute atomic E-state index is 13.0. The number of halogens is 1. The van der Waals surface area contributed by atoms with Crippen LogP contribution < -0.4 is 0 Å². The molecule has 0 bridgehead atoms. The van der Waals surface area contributed by atoms with Crippen molar-refractivity contribution in [3.05, 3.63) is 47.2 Å². The fraction of sp³-hybridized carbons (Fsp3) is 0.474. The van der Waals surface area contributed by atoms with Gasteiger partial charge in [-0.15, -0.1) is 0 Å². The molecule has 2 aliphatic rings. The van der Waals surface area contributed by atoms with E-state index in [-0.39, 0.29) is 5.91 Å². The first kappa shape index (κ1) is 16.6. The molecule has 2 aromatic rings. The number of aromatic nitrogens is 2. The summed E-state index contributed by atoms with van der Waals surface area (Å²) in [5.41, 5.74) is 1.42. The lowest BCUT2D eigenvalue weighted by Gasteiger charge is -2.36. The van der Waals surface area contributed by atoms with Crippen molar-refractivity contribution in [2.75, 3.05) is 26.2 Å². The van der Waals surface area contributed by atoms with Crippen LogP contribution in [0.1, 0.15) is 36.0 Å². The van der Waals surface area contributed by atoms with Crippen molar-refractivity contribution in [3.63, 3.8) is 0 Å². The second kappa shape index (κ2) is 7.18. The zero-order valence-corrected chi connectivity index (χ0v) is 15.0. The lowest BCUT2D eigenvalue weighted by molar-refractivity contribution is 0.0644. The van der Waals surface area contributed by atoms with E-state index in [0.717, 1.165) is 31.6 Å². The van der Waals surface area contributed by atoms with E-state index in [0.29, 0.717) is 16.6 Å². The molecule has 0 atom stereocenters. The number of likely N-dealkylation sites (tertiary alicyclic amines) is 2. The smallest absolute Gasteiger partial charge is 0.255 e. The van der Waals surface area contributed by atoms with Crippen LogP contribution in [0.3, 0.4) is 0 Å². The van der Waals surface area contributed by atoms with E-state index in [9.17, 15) is 4.79 Å². The molecule has 3 heterocycles. The lowest BCUT2D eigenvalue weighted by Crippen LogP contribution is -2.46. The molecule has 1 aromatic carbocycles. The molecule has 0 spiro atoms. The maximum Gasteiger partial charge on any atom is 0.255 e. The molecule has 0 saturated carbocycles. The van der Waals surface area contributed by atoms with Crippen molar-refractivity contribution in [1.82, 2.24) is 19.6 Å². The van der Waals surface area contributed by atoms with Crippen LogP contribution in [-0.2, 0) is 0 Å². The minimum atomic E-state index is 0.0267. The van der Waals surface area contributed by atoms with Crippen LogP contribution in [0.25, 0.3) is 5.69 Å². The number of piperidine rings is 1. The third kappa shape index (κ3) is 3.44. The summed E-state index contributed by atoms with van der Waals surface area (Å²) in [6.07, 6.45) is 8.33. The van der Waals surface area contributed by atoms with Crippen molar-refractivity contribution < 1.29 is 4.79 Å². The quantitative estimate of drug-likeness (QED) is 0.845. The van der Waals surface area contributed by atoms with Crippen molar-refractivity contribution in [3.8, 4) is 5.69 Å². The Labute approximate surface area is 153 Å². The summed E-state index contributed by atoms with van der Waals surface area (Å²) >= 11 is 6.32. The Kier molecular flexibility index (Phi) is 4.77. The first-order valence-electron chi connectivity index (χ1n) is 9.05. The molecule has 2 saturated heterocycles. The molecule has 1 aromatic heterocycles. The van der Waals surface area contributed by atoms with Gasteiger partial charge < -0.3 is 9.80 Å². The van der Waals surface area contributed by atoms with Gasteiger partial charge in [-0.1, -0.05) is 11.6 Å². The number of hydrogen-bond donors (Lipinski definition) is 0. The predicted octanol–water partition coefficient (Wildman–Crippen LogP) is 3.23. The Hall–Kier alpha value is -1.85. The molecule has 0 unspecified atom stereocenters. The van der Waals surface area contributed by atoms with Crippen LogP contribution in [-0.4, -0.2) is 57.7 Å². The second-order valence-corrected chi connectivity index (χ2v) is 7.29. The molecule has 25 heavy (non-hydrogen) atoms. The minimum absolute atomic E-state index is 0.0267. The van der Waals surface area contributed by atoms with Crippen molar-refractivity contribution in [2.45, 2.75) is 31.7 Å². The molecular weight excluding hydrogens is 336 g/mol. The summed E-state index contributed by atoms with van der Waals surface area (Å²) < 4.78 is 1.74. The summed E-state index contributed by atoms with van der Waals surface area (Å²) in [6, 6.07) is 8.00. The highest BCUT2D eigenvalue weighted by Crippen LogP contribution is 2.25. The number of rotatable bonds is 3. The zero-order valence-electron chi connectivity index (χ0n) is 14.3. The van der Waals surface area contributed by atoms with Gasteiger partial charge in [0.2, 0.25) is 0 Å². The summed E-state index contributed by atoms with van der Waals surface area (Å²) in [5, 5.41) is 4.73. The highest BCUT2D eigenvalue weighted by Gasteiger charge is 2.29. The fourth-order valence-corrected chi connectivity index (χ4v) is 4.15. The summed E-state index contributed by atoms with van der Waals surface area (Å²) in [5.74, 6) is 0.0267. The third-order valence-electron chi connectivity index (χ3n) is 5.36. The maximum atomic E-state index is 13.0. The highest BCUT2D eigenvalue weighted by atomic mass is 35.5. The zero-order chi connectivity index (χ0) is 17.2. The van der Waals surface area contributed by atoms with Crippen molar-refractivity contribution in [1.29, 1.82) is 0 Å². The molecular formula is C19H23ClN4O. The van der Waals surface area contributed by atoms with E-state index in [1.54, 1.807) is 16.9 Å². The van der Waals surface area contributed by atoms with E-state index >= 15 is 0 Å². The summed E-state index contributed by atoms with van der Waals surface area (Å²) in [7, 11) is 0. The topological polar surface area (TPSA) is 41.4 Å². The first-order valence-corrected chi connectivity index (χ1v) is 9.43. The number of hydrogen-bond acceptors (Lipinski definition) is 3. The monoisotopic (exact) mass is 358 g/mol. The number of nitrogens with zero attached hydrogens (tertiary/aromatic N) is 4. The van der Waals surface area contributed by atoms with Gasteiger partial charge in [0.1, 0.15) is 0 Å². The lowest BCUT2D eigenvalue weighted by atomic mass is 10.0. The minimum Gasteiger partial charge on any atom is -0.338 e. The molecule has 2 aliphatic heterocycles. The molecule has 5 nitrogen and oxygen atoms in total. The van der Waals surface area contributed by atoms with Gasteiger partial charge in [0.15, 0.2) is 0 Å². The predicted molar refractivity (Wildman–Crippen MR) is 98.3 cm³/mol. The Morgan fingerprint density at radius 1 is 1.12 bits per heavy atom. The van der Waals surface area contributed by atoms with Crippen LogP contribution >= 0.6 is 11.6 Å². The molecule has 2 fully saturated rings. The fourth-order valence-electron chi connectivity index (χ4n) is 3.95. The van der Waals surface area contributed by atoms with E-state index in [4.69, 9.17) is 11.6 Å². The number of amides is 1. The summed E-state index contributed by atoms with van der Waals surface area (Å²) in [6.45, 7) is 4.05. The number of carbonyl (C=O) groups excluding carboxylic acids is 1. The molecule has 1 amide bonds. The summed E-state index contributed by atoms with van der Waals surface area (Å²) in [4.78, 5) is 17.5. The Morgan fingerprint density at radius 3 is 2.56 bits per heavy atom. The van der Waals surface area contributed by atoms with Crippen LogP contribution in [0.4, 0.5) is 0 Å². The molecule has 6 heteroatoms. The van der Waals surface area contributed by atoms with Crippen LogP contribution in [0.5, 0.6) is 0 Å². The van der Waals surface area contributed by atoms with Crippen molar-refractivity contribution in [2.24, 2.45) is 0 Å². The Bertz CT molecular complexity index is 732. The van der Waals surface area contributed by atoms with Crippen LogP contribution in [0.15, 0.2) is 36.7 Å². The Balaban J connectivity index is 1.47. The molecule has 0 aliphatic carbocycles. The van der Waals surface area contributed by atoms with E-state index < -0.39 is 0 Å². The van der Waals surface area contributed by atoms with Gasteiger partial charge in [-0.25, -0.2) is 4.68 Å². The van der Waals surface area contributed by atoms with E-state index in [1.165, 1.54) is 25.9 Å². The van der Waals surface area contributed by atoms with Crippen LogP contribution in [0.2, 0.25) is 5.02 Å². The number of carbonyl (C=O) groups is 1. The molecule has 0 radical (unpaired) electrons. The molecule has 0 N–H and O–H groups in total. The molecule has 132 valence electrons. The van der Waals surface area contributed by atoms with Gasteiger partial charge in [0.05, 0.1) is 16.3 Å². The van der Waals surface area contributed by atoms with Crippen LogP contribution in [0, 0.1) is 0 Å². The molecule has 4 rings (SSSR count). The third-order valence-corrected chi connectivity index (χ3v) is 5.69. The van der Waals surface area contributed by atoms with Gasteiger partial charge in [0, 0.05) is 31.5 Å². The van der Waals surface area contributed by atoms with Gasteiger partial charge in [-0.3, -0.25) is 4.79 Å². The first-order chi connectivity index (χ1) is 12.2. The normalized spacial score (nSPS) is 19.5. The highest BCUT2D eigenvalue weighted by molar-refractivity contribution is 6.33. The average Bonchev–Trinajstić information content (AvgIpc) is 3.35. The number of benzene rings is 1. The van der Waals surface area contributed by atoms with E-state index in [1.807, 2.05) is 29.3 Å². The van der Waals surface area contributed by atoms with Gasteiger partial charge in [-0.2, -0.15) is 5.10 Å². The SMILES string of the molecule is O=C(c1cc(-n2cccn2)ccc1Cl)N1CCC(N2CCCC2)CC1. The van der Waals surface area contributed by atoms with Gasteiger partial charge in [0.25, 0.3) is 5.91 Å². The van der Waals surface area contributed by atoms with Gasteiger partial charge >= 0.3 is 0 Å². The van der Waals surface area contributed by atoms with E-state index in [2.05, 4.69) is 10.00 Å². The largest absolute Gasteiger partial charge is 0.338 e. The second-order valence-electron chi connectivity index (χ2n) is 6.88. The van der Waals surface area contributed by atoms with Crippen molar-refractivity contribution >= 4 is 17.5 Å². The average molecular weight is 359 g/mol.